The molecular formula is C14H20FNOS. The SMILES string of the molecule is CNC(c1cc(F)ccc1OC)C1(C)CCCS1. The molecule has 4 heteroatoms. The van der Waals surface area contributed by atoms with Crippen molar-refractivity contribution in [3.05, 3.63) is 29.6 Å². The van der Waals surface area contributed by atoms with Gasteiger partial charge in [0.2, 0.25) is 0 Å². The maximum absolute atomic E-state index is 13.5. The Bertz CT molecular complexity index is 418. The van der Waals surface area contributed by atoms with E-state index in [1.165, 1.54) is 18.2 Å². The lowest BCUT2D eigenvalue weighted by Gasteiger charge is -2.34. The Hall–Kier alpha value is -0.740. The predicted molar refractivity (Wildman–Crippen MR) is 74.8 cm³/mol. The minimum Gasteiger partial charge on any atom is -0.496 e. The van der Waals surface area contributed by atoms with Crippen LogP contribution in [0.1, 0.15) is 31.4 Å². The van der Waals surface area contributed by atoms with E-state index < -0.39 is 0 Å². The minimum absolute atomic E-state index is 0.107. The van der Waals surface area contributed by atoms with Crippen LogP contribution >= 0.6 is 11.8 Å². The van der Waals surface area contributed by atoms with E-state index in [2.05, 4.69) is 12.2 Å². The van der Waals surface area contributed by atoms with Crippen molar-refractivity contribution in [2.24, 2.45) is 0 Å². The third kappa shape index (κ3) is 2.50. The number of ether oxygens (including phenoxy) is 1. The van der Waals surface area contributed by atoms with Crippen LogP contribution in [0, 0.1) is 5.82 Å². The van der Waals surface area contributed by atoms with Gasteiger partial charge in [-0.15, -0.1) is 0 Å². The smallest absolute Gasteiger partial charge is 0.123 e. The van der Waals surface area contributed by atoms with Gasteiger partial charge in [-0.1, -0.05) is 0 Å². The second-order valence-corrected chi connectivity index (χ2v) is 6.50. The highest BCUT2D eigenvalue weighted by atomic mass is 32.2. The molecule has 100 valence electrons. The van der Waals surface area contributed by atoms with Crippen molar-refractivity contribution in [2.75, 3.05) is 19.9 Å². The van der Waals surface area contributed by atoms with Crippen molar-refractivity contribution < 1.29 is 9.13 Å². The zero-order valence-electron chi connectivity index (χ0n) is 11.1. The van der Waals surface area contributed by atoms with E-state index >= 15 is 0 Å². The molecule has 1 aromatic rings. The van der Waals surface area contributed by atoms with E-state index in [-0.39, 0.29) is 16.6 Å². The second kappa shape index (κ2) is 5.49. The van der Waals surface area contributed by atoms with Crippen LogP contribution in [0.4, 0.5) is 4.39 Å². The maximum atomic E-state index is 13.5. The van der Waals surface area contributed by atoms with Crippen LogP contribution in [-0.4, -0.2) is 24.7 Å². The molecule has 1 saturated heterocycles. The van der Waals surface area contributed by atoms with Gasteiger partial charge < -0.3 is 10.1 Å². The molecule has 0 aromatic heterocycles. The Balaban J connectivity index is 2.40. The summed E-state index contributed by atoms with van der Waals surface area (Å²) in [5.74, 6) is 1.72. The zero-order valence-corrected chi connectivity index (χ0v) is 11.9. The number of methoxy groups -OCH3 is 1. The number of halogens is 1. The van der Waals surface area contributed by atoms with Crippen molar-refractivity contribution >= 4 is 11.8 Å². The van der Waals surface area contributed by atoms with Gasteiger partial charge in [-0.3, -0.25) is 0 Å². The molecule has 1 fully saturated rings. The molecule has 0 spiro atoms. The van der Waals surface area contributed by atoms with Crippen molar-refractivity contribution in [1.29, 1.82) is 0 Å². The first-order chi connectivity index (χ1) is 8.60. The minimum atomic E-state index is -0.211. The standard InChI is InChI=1S/C14H20FNOS/c1-14(7-4-8-18-14)13(16-2)11-9-10(15)5-6-12(11)17-3/h5-6,9,13,16H,4,7-8H2,1-3H3. The molecule has 0 aliphatic carbocycles. The molecule has 1 aliphatic rings. The molecule has 0 amide bonds. The summed E-state index contributed by atoms with van der Waals surface area (Å²) in [6, 6.07) is 4.84. The zero-order chi connectivity index (χ0) is 13.2. The van der Waals surface area contributed by atoms with Gasteiger partial charge in [0, 0.05) is 10.3 Å². The lowest BCUT2D eigenvalue weighted by molar-refractivity contribution is 0.380. The molecule has 0 radical (unpaired) electrons. The maximum Gasteiger partial charge on any atom is 0.123 e. The van der Waals surface area contributed by atoms with Crippen LogP contribution in [0.5, 0.6) is 5.75 Å². The van der Waals surface area contributed by atoms with Gasteiger partial charge in [-0.2, -0.15) is 11.8 Å². The van der Waals surface area contributed by atoms with E-state index in [1.807, 2.05) is 18.8 Å². The molecule has 0 saturated carbocycles. The lowest BCUT2D eigenvalue weighted by Crippen LogP contribution is -2.35. The third-order valence-electron chi connectivity index (χ3n) is 3.65. The van der Waals surface area contributed by atoms with Crippen molar-refractivity contribution in [1.82, 2.24) is 5.32 Å². The molecule has 1 N–H and O–H groups in total. The largest absolute Gasteiger partial charge is 0.496 e. The van der Waals surface area contributed by atoms with Gasteiger partial charge in [0.15, 0.2) is 0 Å². The third-order valence-corrected chi connectivity index (χ3v) is 5.24. The summed E-state index contributed by atoms with van der Waals surface area (Å²) in [6.07, 6.45) is 2.36. The van der Waals surface area contributed by atoms with Crippen LogP contribution in [0.15, 0.2) is 18.2 Å². The summed E-state index contributed by atoms with van der Waals surface area (Å²) in [6.45, 7) is 2.25. The summed E-state index contributed by atoms with van der Waals surface area (Å²) in [5.41, 5.74) is 0.914. The van der Waals surface area contributed by atoms with Gasteiger partial charge in [-0.25, -0.2) is 4.39 Å². The van der Waals surface area contributed by atoms with Gasteiger partial charge in [-0.05, 0) is 50.8 Å². The Morgan fingerprint density at radius 1 is 1.50 bits per heavy atom. The van der Waals surface area contributed by atoms with Gasteiger partial charge in [0.05, 0.1) is 13.2 Å². The van der Waals surface area contributed by atoms with Crippen LogP contribution in [-0.2, 0) is 0 Å². The van der Waals surface area contributed by atoms with E-state index in [4.69, 9.17) is 4.74 Å². The van der Waals surface area contributed by atoms with E-state index in [9.17, 15) is 4.39 Å². The molecule has 18 heavy (non-hydrogen) atoms. The monoisotopic (exact) mass is 269 g/mol. The highest BCUT2D eigenvalue weighted by Gasteiger charge is 2.39. The molecule has 2 nitrogen and oxygen atoms in total. The quantitative estimate of drug-likeness (QED) is 0.905. The summed E-state index contributed by atoms with van der Waals surface area (Å²) >= 11 is 1.96. The summed E-state index contributed by atoms with van der Waals surface area (Å²) in [7, 11) is 3.56. The second-order valence-electron chi connectivity index (χ2n) is 4.87. The van der Waals surface area contributed by atoms with Crippen molar-refractivity contribution in [3.63, 3.8) is 0 Å². The lowest BCUT2D eigenvalue weighted by atomic mass is 9.90. The number of rotatable bonds is 4. The molecular weight excluding hydrogens is 249 g/mol. The van der Waals surface area contributed by atoms with Crippen molar-refractivity contribution in [3.8, 4) is 5.75 Å². The van der Waals surface area contributed by atoms with Crippen LogP contribution in [0.2, 0.25) is 0 Å². The van der Waals surface area contributed by atoms with E-state index in [1.54, 1.807) is 19.2 Å². The topological polar surface area (TPSA) is 21.3 Å². The van der Waals surface area contributed by atoms with Crippen LogP contribution in [0.3, 0.4) is 0 Å². The summed E-state index contributed by atoms with van der Waals surface area (Å²) in [5, 5.41) is 3.34. The fourth-order valence-corrected chi connectivity index (χ4v) is 4.20. The Kier molecular flexibility index (Phi) is 4.17. The molecule has 2 rings (SSSR count). The highest BCUT2D eigenvalue weighted by molar-refractivity contribution is 8.00. The van der Waals surface area contributed by atoms with E-state index in [0.29, 0.717) is 0 Å². The predicted octanol–water partition coefficient (Wildman–Crippen LogP) is 3.38. The molecule has 1 heterocycles. The Labute approximate surface area is 112 Å². The first-order valence-corrected chi connectivity index (χ1v) is 7.24. The molecule has 1 aliphatic heterocycles. The highest BCUT2D eigenvalue weighted by Crippen LogP contribution is 2.48. The number of hydrogen-bond acceptors (Lipinski definition) is 3. The average molecular weight is 269 g/mol. The van der Waals surface area contributed by atoms with Crippen LogP contribution < -0.4 is 10.1 Å². The molecule has 0 bridgehead atoms. The molecule has 2 atom stereocenters. The molecule has 1 aromatic carbocycles. The van der Waals surface area contributed by atoms with Gasteiger partial charge >= 0.3 is 0 Å². The number of nitrogens with one attached hydrogen (secondary N) is 1. The Morgan fingerprint density at radius 2 is 2.28 bits per heavy atom. The number of hydrogen-bond donors (Lipinski definition) is 1. The molecule has 2 unspecified atom stereocenters. The fourth-order valence-electron chi connectivity index (χ4n) is 2.75. The number of benzene rings is 1. The Morgan fingerprint density at radius 3 is 2.83 bits per heavy atom. The summed E-state index contributed by atoms with van der Waals surface area (Å²) in [4.78, 5) is 0. The normalized spacial score (nSPS) is 25.1. The summed E-state index contributed by atoms with van der Waals surface area (Å²) < 4.78 is 19.0. The average Bonchev–Trinajstić information content (AvgIpc) is 2.78. The van der Waals surface area contributed by atoms with Gasteiger partial charge in [0.25, 0.3) is 0 Å². The van der Waals surface area contributed by atoms with Crippen LogP contribution in [0.25, 0.3) is 0 Å². The number of thioether (sulfide) groups is 1. The van der Waals surface area contributed by atoms with Gasteiger partial charge in [0.1, 0.15) is 11.6 Å². The fraction of sp³-hybridized carbons (Fsp3) is 0.571. The first kappa shape index (κ1) is 13.7. The van der Waals surface area contributed by atoms with Crippen molar-refractivity contribution in [2.45, 2.75) is 30.6 Å². The first-order valence-electron chi connectivity index (χ1n) is 6.25. The van der Waals surface area contributed by atoms with E-state index in [0.717, 1.165) is 17.7 Å².